The summed E-state index contributed by atoms with van der Waals surface area (Å²) in [5, 5.41) is 9.86. The number of carbonyl (C=O) groups is 3. The van der Waals surface area contributed by atoms with Crippen molar-refractivity contribution in [3.63, 3.8) is 0 Å². The van der Waals surface area contributed by atoms with Crippen LogP contribution in [0.5, 0.6) is 0 Å². The van der Waals surface area contributed by atoms with Crippen molar-refractivity contribution in [2.24, 2.45) is 11.8 Å². The van der Waals surface area contributed by atoms with E-state index in [2.05, 4.69) is 0 Å². The zero-order valence-electron chi connectivity index (χ0n) is 23.0. The van der Waals surface area contributed by atoms with Gasteiger partial charge in [-0.2, -0.15) is 0 Å². The molecule has 2 saturated heterocycles. The summed E-state index contributed by atoms with van der Waals surface area (Å²) in [6.07, 6.45) is 8.51. The van der Waals surface area contributed by atoms with Gasteiger partial charge >= 0.3 is 0 Å². The number of anilines is 1. The molecule has 1 N–H and O–H groups in total. The average molecular weight is 576 g/mol. The number of halogens is 1. The molecule has 0 saturated carbocycles. The molecule has 2 aromatic carbocycles. The number of likely N-dealkylation sites (tertiary alicyclic amines) is 1. The van der Waals surface area contributed by atoms with E-state index in [9.17, 15) is 19.5 Å². The second-order valence-electron chi connectivity index (χ2n) is 11.4. The topological polar surface area (TPSA) is 90.4 Å². The first-order valence-corrected chi connectivity index (χ1v) is 14.5. The normalized spacial score (nSPS) is 30.8. The number of amides is 3. The summed E-state index contributed by atoms with van der Waals surface area (Å²) in [6, 6.07) is 15.9. The third-order valence-corrected chi connectivity index (χ3v) is 9.13. The van der Waals surface area contributed by atoms with Gasteiger partial charge in [0, 0.05) is 32.8 Å². The van der Waals surface area contributed by atoms with Crippen LogP contribution in [0.25, 0.3) is 0 Å². The van der Waals surface area contributed by atoms with Crippen LogP contribution in [0, 0.1) is 11.8 Å². The summed E-state index contributed by atoms with van der Waals surface area (Å²) in [7, 11) is 0. The molecule has 4 heterocycles. The number of carbonyl (C=O) groups excluding carboxylic acids is 3. The van der Waals surface area contributed by atoms with E-state index in [1.165, 1.54) is 0 Å². The lowest BCUT2D eigenvalue weighted by molar-refractivity contribution is -0.148. The molecule has 0 radical (unpaired) electrons. The van der Waals surface area contributed by atoms with E-state index in [-0.39, 0.29) is 37.4 Å². The van der Waals surface area contributed by atoms with E-state index in [4.69, 9.17) is 16.3 Å². The third kappa shape index (κ3) is 4.49. The molecule has 0 aromatic heterocycles. The molecular weight excluding hydrogens is 542 g/mol. The lowest BCUT2D eigenvalue weighted by atomic mass is 9.74. The van der Waals surface area contributed by atoms with Crippen LogP contribution in [0.15, 0.2) is 78.9 Å². The summed E-state index contributed by atoms with van der Waals surface area (Å²) in [6.45, 7) is 3.15. The molecule has 0 aliphatic carbocycles. The lowest BCUT2D eigenvalue weighted by Crippen LogP contribution is -2.56. The standard InChI is InChI=1S/C32H34ClN3O5/c1-31-15-9-17-34(21-22-11-3-2-4-12-22)28(38)25(31)26-29(39)36(18-7-8-20-37)27-30(40)35(19-10-16-32(26,27)41-31)24-14-6-5-13-23(24)33/h2-6,9-16,25-27,37H,7-8,17-21H2,1H3/t25-,26+,27?,31+,32+/m1/s1. The molecule has 8 nitrogen and oxygen atoms in total. The van der Waals surface area contributed by atoms with E-state index < -0.39 is 29.1 Å². The van der Waals surface area contributed by atoms with E-state index >= 15 is 0 Å². The predicted octanol–water partition coefficient (Wildman–Crippen LogP) is 3.58. The highest BCUT2D eigenvalue weighted by molar-refractivity contribution is 6.34. The van der Waals surface area contributed by atoms with Crippen molar-refractivity contribution in [3.8, 4) is 0 Å². The first kappa shape index (κ1) is 27.7. The molecule has 9 heteroatoms. The van der Waals surface area contributed by atoms with Gasteiger partial charge in [-0.25, -0.2) is 0 Å². The average Bonchev–Trinajstić information content (AvgIpc) is 3.23. The number of unbranched alkanes of at least 4 members (excludes halogenated alkanes) is 1. The van der Waals surface area contributed by atoms with Crippen molar-refractivity contribution in [2.45, 2.75) is 43.6 Å². The second kappa shape index (κ2) is 10.7. The number of aliphatic hydroxyl groups is 1. The Balaban J connectivity index is 1.43. The Morgan fingerprint density at radius 1 is 0.902 bits per heavy atom. The molecule has 2 aromatic rings. The van der Waals surface area contributed by atoms with E-state index in [0.29, 0.717) is 36.6 Å². The molecule has 6 rings (SSSR count). The zero-order chi connectivity index (χ0) is 28.8. The zero-order valence-corrected chi connectivity index (χ0v) is 23.7. The van der Waals surface area contributed by atoms with Gasteiger partial charge in [-0.3, -0.25) is 14.4 Å². The molecule has 5 atom stereocenters. The number of hydrogen-bond acceptors (Lipinski definition) is 5. The van der Waals surface area contributed by atoms with E-state index in [1.54, 1.807) is 32.9 Å². The van der Waals surface area contributed by atoms with Gasteiger partial charge in [0.2, 0.25) is 11.8 Å². The number of nitrogens with zero attached hydrogens (tertiary/aromatic N) is 3. The largest absolute Gasteiger partial charge is 0.396 e. The first-order chi connectivity index (χ1) is 19.8. The number of aliphatic hydroxyl groups excluding tert-OH is 1. The molecule has 2 fully saturated rings. The summed E-state index contributed by atoms with van der Waals surface area (Å²) in [5.41, 5.74) is -0.871. The Kier molecular flexibility index (Phi) is 7.26. The maximum atomic E-state index is 14.5. The highest BCUT2D eigenvalue weighted by atomic mass is 35.5. The smallest absolute Gasteiger partial charge is 0.253 e. The van der Waals surface area contributed by atoms with Crippen LogP contribution >= 0.6 is 11.6 Å². The number of benzene rings is 2. The maximum Gasteiger partial charge on any atom is 0.253 e. The summed E-state index contributed by atoms with van der Waals surface area (Å²) in [5.74, 6) is -2.44. The Morgan fingerprint density at radius 2 is 1.63 bits per heavy atom. The van der Waals surface area contributed by atoms with Gasteiger partial charge in [-0.05, 0) is 37.5 Å². The quantitative estimate of drug-likeness (QED) is 0.403. The molecule has 4 aliphatic heterocycles. The minimum absolute atomic E-state index is 0.0181. The van der Waals surface area contributed by atoms with Crippen LogP contribution < -0.4 is 4.90 Å². The van der Waals surface area contributed by atoms with Crippen LogP contribution in [-0.2, 0) is 25.7 Å². The lowest BCUT2D eigenvalue weighted by Gasteiger charge is -2.37. The summed E-state index contributed by atoms with van der Waals surface area (Å²) >= 11 is 6.52. The monoisotopic (exact) mass is 575 g/mol. The van der Waals surface area contributed by atoms with Gasteiger partial charge in [0.15, 0.2) is 0 Å². The van der Waals surface area contributed by atoms with Gasteiger partial charge in [-0.15, -0.1) is 0 Å². The minimum Gasteiger partial charge on any atom is -0.396 e. The number of hydrogen-bond donors (Lipinski definition) is 1. The second-order valence-corrected chi connectivity index (χ2v) is 11.8. The molecule has 41 heavy (non-hydrogen) atoms. The SMILES string of the molecule is C[C@]12C=CCN(Cc3ccccc3)C(=O)[C@H]1[C@H]1C(=O)N(CCCCO)C3C(=O)N(c4ccccc4Cl)CC=C[C@@]31O2. The molecule has 4 aliphatic rings. The molecule has 1 unspecified atom stereocenters. The van der Waals surface area contributed by atoms with Gasteiger partial charge in [0.1, 0.15) is 11.6 Å². The molecule has 214 valence electrons. The van der Waals surface area contributed by atoms with Crippen LogP contribution in [-0.4, -0.2) is 76.1 Å². The van der Waals surface area contributed by atoms with Crippen LogP contribution in [0.2, 0.25) is 5.02 Å². The Labute approximate surface area is 244 Å². The summed E-state index contributed by atoms with van der Waals surface area (Å²) in [4.78, 5) is 48.1. The van der Waals surface area contributed by atoms with Crippen molar-refractivity contribution >= 4 is 35.0 Å². The highest BCUT2D eigenvalue weighted by Gasteiger charge is 2.74. The van der Waals surface area contributed by atoms with Crippen molar-refractivity contribution in [2.75, 3.05) is 31.1 Å². The molecule has 0 bridgehead atoms. The fraction of sp³-hybridized carbons (Fsp3) is 0.406. The number of fused-ring (bicyclic) bond motifs is 2. The van der Waals surface area contributed by atoms with Crippen molar-refractivity contribution in [3.05, 3.63) is 89.5 Å². The Hall–Kier alpha value is -3.46. The number of rotatable bonds is 7. The molecule has 3 amide bonds. The van der Waals surface area contributed by atoms with Crippen molar-refractivity contribution in [1.29, 1.82) is 0 Å². The van der Waals surface area contributed by atoms with Crippen LogP contribution in [0.3, 0.4) is 0 Å². The fourth-order valence-corrected chi connectivity index (χ4v) is 7.28. The van der Waals surface area contributed by atoms with Crippen molar-refractivity contribution < 1.29 is 24.2 Å². The van der Waals surface area contributed by atoms with Crippen LogP contribution in [0.1, 0.15) is 25.3 Å². The highest BCUT2D eigenvalue weighted by Crippen LogP contribution is 2.57. The Bertz CT molecular complexity index is 1410. The summed E-state index contributed by atoms with van der Waals surface area (Å²) < 4.78 is 6.88. The molecule has 1 spiro atoms. The number of para-hydroxylation sites is 1. The first-order valence-electron chi connectivity index (χ1n) is 14.2. The third-order valence-electron chi connectivity index (χ3n) is 8.81. The molecular formula is C32H34ClN3O5. The predicted molar refractivity (Wildman–Crippen MR) is 155 cm³/mol. The van der Waals surface area contributed by atoms with Crippen LogP contribution in [0.4, 0.5) is 5.69 Å². The van der Waals surface area contributed by atoms with Gasteiger partial charge in [0.25, 0.3) is 5.91 Å². The number of ether oxygens (including phenoxy) is 1. The van der Waals surface area contributed by atoms with E-state index in [0.717, 1.165) is 5.56 Å². The fourth-order valence-electron chi connectivity index (χ4n) is 7.04. The Morgan fingerprint density at radius 3 is 2.39 bits per heavy atom. The minimum atomic E-state index is -1.33. The maximum absolute atomic E-state index is 14.5. The van der Waals surface area contributed by atoms with Gasteiger partial charge in [0.05, 0.1) is 28.1 Å². The van der Waals surface area contributed by atoms with Gasteiger partial charge < -0.3 is 24.5 Å². The van der Waals surface area contributed by atoms with E-state index in [1.807, 2.05) is 67.6 Å². The van der Waals surface area contributed by atoms with Gasteiger partial charge in [-0.1, -0.05) is 78.4 Å². The van der Waals surface area contributed by atoms with Crippen molar-refractivity contribution in [1.82, 2.24) is 9.80 Å².